The van der Waals surface area contributed by atoms with Gasteiger partial charge >= 0.3 is 0 Å². The van der Waals surface area contributed by atoms with Crippen LogP contribution in [0.4, 0.5) is 0 Å². The van der Waals surface area contributed by atoms with Gasteiger partial charge in [-0.15, -0.1) is 0 Å². The maximum absolute atomic E-state index is 13.1. The van der Waals surface area contributed by atoms with Crippen molar-refractivity contribution in [2.45, 2.75) is 18.9 Å². The van der Waals surface area contributed by atoms with E-state index in [2.05, 4.69) is 10.6 Å². The van der Waals surface area contributed by atoms with Crippen LogP contribution < -0.4 is 24.8 Å². The van der Waals surface area contributed by atoms with Gasteiger partial charge in [0, 0.05) is 37.9 Å². The molecule has 192 valence electrons. The van der Waals surface area contributed by atoms with Crippen molar-refractivity contribution in [1.82, 2.24) is 15.5 Å². The van der Waals surface area contributed by atoms with Crippen molar-refractivity contribution in [3.05, 3.63) is 53.6 Å². The lowest BCUT2D eigenvalue weighted by molar-refractivity contribution is -0.124. The number of benzene rings is 2. The van der Waals surface area contributed by atoms with Gasteiger partial charge in [-0.25, -0.2) is 0 Å². The van der Waals surface area contributed by atoms with Crippen LogP contribution in [0.1, 0.15) is 33.6 Å². The van der Waals surface area contributed by atoms with E-state index in [9.17, 15) is 14.4 Å². The van der Waals surface area contributed by atoms with Crippen LogP contribution in [0.15, 0.2) is 42.5 Å². The summed E-state index contributed by atoms with van der Waals surface area (Å²) in [7, 11) is 3.13. The lowest BCUT2D eigenvalue weighted by atomic mass is 9.88. The number of ether oxygens (including phenoxy) is 4. The van der Waals surface area contributed by atoms with Gasteiger partial charge in [-0.1, -0.05) is 0 Å². The molecular weight excluding hydrogens is 466 g/mol. The first-order valence-electron chi connectivity index (χ1n) is 11.9. The minimum Gasteiger partial charge on any atom is -0.497 e. The molecule has 2 aromatic rings. The van der Waals surface area contributed by atoms with Gasteiger partial charge in [0.25, 0.3) is 11.8 Å². The normalized spacial score (nSPS) is 15.8. The van der Waals surface area contributed by atoms with E-state index in [0.29, 0.717) is 67.5 Å². The zero-order chi connectivity index (χ0) is 25.5. The molecule has 1 fully saturated rings. The van der Waals surface area contributed by atoms with Gasteiger partial charge in [-0.3, -0.25) is 14.4 Å². The summed E-state index contributed by atoms with van der Waals surface area (Å²) in [6.45, 7) is 1.78. The highest BCUT2D eigenvalue weighted by atomic mass is 16.7. The summed E-state index contributed by atoms with van der Waals surface area (Å²) in [5.41, 5.74) is 0.959. The number of fused-ring (bicyclic) bond motifs is 1. The van der Waals surface area contributed by atoms with Gasteiger partial charge in [-0.05, 0) is 61.2 Å². The molecule has 0 radical (unpaired) electrons. The molecule has 2 aliphatic rings. The molecule has 2 heterocycles. The molecule has 1 saturated heterocycles. The van der Waals surface area contributed by atoms with Crippen LogP contribution in [0.5, 0.6) is 17.2 Å². The van der Waals surface area contributed by atoms with E-state index in [-0.39, 0.29) is 30.4 Å². The van der Waals surface area contributed by atoms with Crippen molar-refractivity contribution in [3.8, 4) is 17.2 Å². The summed E-state index contributed by atoms with van der Waals surface area (Å²) >= 11 is 0. The molecular formula is C26H31N3O7. The summed E-state index contributed by atoms with van der Waals surface area (Å²) in [5, 5.41) is 5.74. The zero-order valence-corrected chi connectivity index (χ0v) is 20.5. The van der Waals surface area contributed by atoms with Crippen LogP contribution in [0.25, 0.3) is 0 Å². The molecule has 0 spiro atoms. The van der Waals surface area contributed by atoms with Crippen molar-refractivity contribution >= 4 is 17.7 Å². The first kappa shape index (κ1) is 25.3. The second-order valence-electron chi connectivity index (χ2n) is 8.66. The summed E-state index contributed by atoms with van der Waals surface area (Å²) in [4.78, 5) is 40.8. The molecule has 3 amide bonds. The summed E-state index contributed by atoms with van der Waals surface area (Å²) in [6, 6.07) is 11.2. The fourth-order valence-electron chi connectivity index (χ4n) is 4.40. The Morgan fingerprint density at radius 2 is 1.69 bits per heavy atom. The Hall–Kier alpha value is -3.79. The zero-order valence-electron chi connectivity index (χ0n) is 20.5. The number of methoxy groups -OCH3 is 2. The molecule has 0 bridgehead atoms. The number of carbonyl (C=O) groups is 3. The topological polar surface area (TPSA) is 115 Å². The van der Waals surface area contributed by atoms with Crippen molar-refractivity contribution in [1.29, 1.82) is 0 Å². The van der Waals surface area contributed by atoms with Gasteiger partial charge in [-0.2, -0.15) is 0 Å². The number of hydrogen-bond acceptors (Lipinski definition) is 7. The molecule has 0 saturated carbocycles. The van der Waals surface area contributed by atoms with Crippen LogP contribution in [-0.2, 0) is 9.53 Å². The number of likely N-dealkylation sites (tertiary alicyclic amines) is 1. The Bertz CT molecular complexity index is 1080. The number of piperidine rings is 1. The van der Waals surface area contributed by atoms with E-state index >= 15 is 0 Å². The third-order valence-electron chi connectivity index (χ3n) is 6.44. The number of nitrogens with zero attached hydrogens (tertiary/aromatic N) is 1. The monoisotopic (exact) mass is 497 g/mol. The lowest BCUT2D eigenvalue weighted by Gasteiger charge is -2.36. The third kappa shape index (κ3) is 5.88. The van der Waals surface area contributed by atoms with E-state index in [4.69, 9.17) is 18.9 Å². The maximum atomic E-state index is 13.1. The van der Waals surface area contributed by atoms with E-state index in [1.54, 1.807) is 61.6 Å². The first-order chi connectivity index (χ1) is 17.5. The Balaban J connectivity index is 1.42. The van der Waals surface area contributed by atoms with Gasteiger partial charge in [0.15, 0.2) is 11.5 Å². The van der Waals surface area contributed by atoms with Crippen LogP contribution in [0, 0.1) is 5.92 Å². The molecule has 0 unspecified atom stereocenters. The number of rotatable bonds is 9. The predicted octanol–water partition coefficient (Wildman–Crippen LogP) is 1.84. The molecule has 10 heteroatoms. The largest absolute Gasteiger partial charge is 0.497 e. The lowest BCUT2D eigenvalue weighted by Crippen LogP contribution is -2.54. The molecule has 36 heavy (non-hydrogen) atoms. The fourth-order valence-corrected chi connectivity index (χ4v) is 4.40. The highest BCUT2D eigenvalue weighted by Crippen LogP contribution is 2.32. The van der Waals surface area contributed by atoms with Crippen LogP contribution in [-0.4, -0.2) is 75.9 Å². The quantitative estimate of drug-likeness (QED) is 0.508. The molecule has 0 aromatic heterocycles. The van der Waals surface area contributed by atoms with Crippen LogP contribution >= 0.6 is 0 Å². The predicted molar refractivity (Wildman–Crippen MR) is 130 cm³/mol. The Morgan fingerprint density at radius 1 is 1.00 bits per heavy atom. The number of carbonyl (C=O) groups excluding carboxylic acids is 3. The second-order valence-corrected chi connectivity index (χ2v) is 8.66. The van der Waals surface area contributed by atoms with Gasteiger partial charge in [0.1, 0.15) is 11.8 Å². The second kappa shape index (κ2) is 11.8. The highest BCUT2D eigenvalue weighted by Gasteiger charge is 2.34. The van der Waals surface area contributed by atoms with Crippen molar-refractivity contribution in [2.24, 2.45) is 5.92 Å². The maximum Gasteiger partial charge on any atom is 0.253 e. The highest BCUT2D eigenvalue weighted by molar-refractivity contribution is 5.98. The van der Waals surface area contributed by atoms with E-state index in [0.717, 1.165) is 0 Å². The number of amides is 3. The standard InChI is InChI=1S/C26H31N3O7/c1-33-14-11-27-25(31)23(28-24(30)19-5-8-21-22(15-19)36-16-35-21)17-9-12-29(13-10-17)26(32)18-3-6-20(34-2)7-4-18/h3-8,15,17,23H,9-14,16H2,1-2H3,(H,27,31)(H,28,30)/t23-/m1/s1. The van der Waals surface area contributed by atoms with Crippen LogP contribution in [0.2, 0.25) is 0 Å². The minimum absolute atomic E-state index is 0.0680. The molecule has 0 aliphatic carbocycles. The Labute approximate surface area is 209 Å². The average Bonchev–Trinajstić information content (AvgIpc) is 3.39. The summed E-state index contributed by atoms with van der Waals surface area (Å²) in [5.74, 6) is 0.902. The third-order valence-corrected chi connectivity index (χ3v) is 6.44. The molecule has 1 atom stereocenters. The average molecular weight is 498 g/mol. The van der Waals surface area contributed by atoms with Crippen molar-refractivity contribution < 1.29 is 33.3 Å². The first-order valence-corrected chi connectivity index (χ1v) is 11.9. The van der Waals surface area contributed by atoms with E-state index in [1.165, 1.54) is 0 Å². The fraction of sp³-hybridized carbons (Fsp3) is 0.423. The van der Waals surface area contributed by atoms with Crippen molar-refractivity contribution in [3.63, 3.8) is 0 Å². The van der Waals surface area contributed by atoms with E-state index < -0.39 is 6.04 Å². The molecule has 2 N–H and O–H groups in total. The molecule has 10 nitrogen and oxygen atoms in total. The molecule has 2 aliphatic heterocycles. The Morgan fingerprint density at radius 3 is 2.39 bits per heavy atom. The smallest absolute Gasteiger partial charge is 0.253 e. The van der Waals surface area contributed by atoms with Crippen molar-refractivity contribution in [2.75, 3.05) is 47.3 Å². The van der Waals surface area contributed by atoms with E-state index in [1.807, 2.05) is 0 Å². The Kier molecular flexibility index (Phi) is 8.27. The van der Waals surface area contributed by atoms with Crippen LogP contribution in [0.3, 0.4) is 0 Å². The summed E-state index contributed by atoms with van der Waals surface area (Å²) < 4.78 is 20.9. The molecule has 4 rings (SSSR count). The molecule has 2 aromatic carbocycles. The number of nitrogens with one attached hydrogen (secondary N) is 2. The minimum atomic E-state index is -0.752. The number of hydrogen-bond donors (Lipinski definition) is 2. The van der Waals surface area contributed by atoms with Gasteiger partial charge < -0.3 is 34.5 Å². The summed E-state index contributed by atoms with van der Waals surface area (Å²) in [6.07, 6.45) is 1.15. The SMILES string of the molecule is COCCNC(=O)[C@H](NC(=O)c1ccc2c(c1)OCO2)C1CCN(C(=O)c2ccc(OC)cc2)CC1. The van der Waals surface area contributed by atoms with Gasteiger partial charge in [0.2, 0.25) is 12.7 Å². The van der Waals surface area contributed by atoms with Gasteiger partial charge in [0.05, 0.1) is 13.7 Å².